The Balaban J connectivity index is 5.52. The summed E-state index contributed by atoms with van der Waals surface area (Å²) in [6, 6.07) is 0. The molecule has 0 fully saturated rings. The molecule has 0 rings (SSSR count). The number of rotatable bonds is 10. The molecule has 0 heterocycles. The van der Waals surface area contributed by atoms with Crippen molar-refractivity contribution in [2.75, 3.05) is 13.1 Å². The minimum absolute atomic E-state index is 0.739. The Hall–Kier alpha value is 0.250. The summed E-state index contributed by atoms with van der Waals surface area (Å²) in [6.45, 7) is -1.48. The molecule has 0 saturated heterocycles. The molecule has 17 heteroatoms. The highest BCUT2D eigenvalue weighted by molar-refractivity contribution is 7.47. The van der Waals surface area contributed by atoms with Crippen molar-refractivity contribution >= 4 is 23.5 Å². The van der Waals surface area contributed by atoms with Crippen LogP contribution in [0.4, 0.5) is 0 Å². The molecule has 0 amide bonds. The second-order valence-corrected chi connectivity index (χ2v) is 7.38. The maximum Gasteiger partial charge on any atom is 0.470 e. The molecular formula is C5H17N2O12P3. The third-order valence-electron chi connectivity index (χ3n) is 2.00. The van der Waals surface area contributed by atoms with Crippen LogP contribution in [0.5, 0.6) is 0 Å². The molecule has 14 nitrogen and oxygen atoms in total. The Bertz CT molecular complexity index is 449. The molecule has 0 aromatic rings. The van der Waals surface area contributed by atoms with Crippen molar-refractivity contribution in [3.8, 4) is 0 Å². The second-order valence-electron chi connectivity index (χ2n) is 3.80. The Morgan fingerprint density at radius 1 is 0.682 bits per heavy atom. The normalized spacial score (nSPS) is 16.8. The molecule has 2 atom stereocenters. The molecule has 0 aromatic heterocycles. The van der Waals surface area contributed by atoms with Crippen molar-refractivity contribution in [2.45, 2.75) is 18.3 Å². The summed E-state index contributed by atoms with van der Waals surface area (Å²) in [7, 11) is -15.6. The number of hydrogen-bond donors (Lipinski definition) is 8. The van der Waals surface area contributed by atoms with Gasteiger partial charge in [-0.3, -0.25) is 13.6 Å². The van der Waals surface area contributed by atoms with Crippen molar-refractivity contribution in [3.63, 3.8) is 0 Å². The molecule has 0 bridgehead atoms. The van der Waals surface area contributed by atoms with Crippen LogP contribution in [-0.2, 0) is 27.3 Å². The zero-order valence-electron chi connectivity index (χ0n) is 10.8. The third kappa shape index (κ3) is 10.1. The SMILES string of the molecule is NC[C@@H](OP(=O)(O)O)C(OP(=O)(O)O)[C@@H](CN)OP(=O)(O)O. The van der Waals surface area contributed by atoms with Gasteiger partial charge in [-0.25, -0.2) is 13.7 Å². The van der Waals surface area contributed by atoms with Crippen LogP contribution in [0.3, 0.4) is 0 Å². The Morgan fingerprint density at radius 3 is 1.14 bits per heavy atom. The van der Waals surface area contributed by atoms with Gasteiger partial charge in [-0.1, -0.05) is 0 Å². The zero-order valence-corrected chi connectivity index (χ0v) is 13.5. The van der Waals surface area contributed by atoms with E-state index in [2.05, 4.69) is 13.6 Å². The lowest BCUT2D eigenvalue weighted by Gasteiger charge is -2.31. The summed E-state index contributed by atoms with van der Waals surface area (Å²) in [5.41, 5.74) is 10.3. The van der Waals surface area contributed by atoms with E-state index in [0.717, 1.165) is 0 Å². The van der Waals surface area contributed by atoms with Crippen molar-refractivity contribution in [1.82, 2.24) is 0 Å². The van der Waals surface area contributed by atoms with Gasteiger partial charge in [-0.15, -0.1) is 0 Å². The lowest BCUT2D eigenvalue weighted by molar-refractivity contribution is -0.0452. The molecule has 0 aliphatic carbocycles. The van der Waals surface area contributed by atoms with Gasteiger partial charge < -0.3 is 40.8 Å². The number of hydrogen-bond acceptors (Lipinski definition) is 8. The average molecular weight is 390 g/mol. The average Bonchev–Trinajstić information content (AvgIpc) is 2.27. The highest BCUT2D eigenvalue weighted by Gasteiger charge is 2.41. The van der Waals surface area contributed by atoms with E-state index in [1.807, 2.05) is 0 Å². The van der Waals surface area contributed by atoms with Crippen LogP contribution >= 0.6 is 23.5 Å². The summed E-state index contributed by atoms with van der Waals surface area (Å²) in [4.78, 5) is 52.4. The van der Waals surface area contributed by atoms with Crippen LogP contribution in [0.25, 0.3) is 0 Å². The first kappa shape index (κ1) is 22.2. The fourth-order valence-electron chi connectivity index (χ4n) is 1.36. The maximum atomic E-state index is 10.9. The lowest BCUT2D eigenvalue weighted by Crippen LogP contribution is -2.48. The minimum Gasteiger partial charge on any atom is -0.328 e. The fraction of sp³-hybridized carbons (Fsp3) is 1.00. The van der Waals surface area contributed by atoms with Gasteiger partial charge in [0, 0.05) is 13.1 Å². The molecule has 22 heavy (non-hydrogen) atoms. The summed E-state index contributed by atoms with van der Waals surface area (Å²) < 4.78 is 45.1. The van der Waals surface area contributed by atoms with Crippen LogP contribution in [0, 0.1) is 0 Å². The largest absolute Gasteiger partial charge is 0.470 e. The topological polar surface area (TPSA) is 252 Å². The van der Waals surface area contributed by atoms with E-state index in [9.17, 15) is 13.7 Å². The Labute approximate surface area is 124 Å². The summed E-state index contributed by atoms with van der Waals surface area (Å²) in [6.07, 6.45) is -5.83. The van der Waals surface area contributed by atoms with E-state index in [4.69, 9.17) is 40.8 Å². The van der Waals surface area contributed by atoms with E-state index in [-0.39, 0.29) is 0 Å². The fourth-order valence-corrected chi connectivity index (χ4v) is 3.07. The number of phosphoric ester groups is 3. The van der Waals surface area contributed by atoms with Crippen molar-refractivity contribution in [2.24, 2.45) is 11.5 Å². The van der Waals surface area contributed by atoms with Crippen molar-refractivity contribution in [3.05, 3.63) is 0 Å². The summed E-state index contributed by atoms with van der Waals surface area (Å²) >= 11 is 0. The molecule has 0 saturated carbocycles. The molecule has 0 aliphatic heterocycles. The van der Waals surface area contributed by atoms with Gasteiger partial charge in [0.2, 0.25) is 0 Å². The van der Waals surface area contributed by atoms with Gasteiger partial charge in [0.1, 0.15) is 18.3 Å². The second kappa shape index (κ2) is 8.38. The summed E-state index contributed by atoms with van der Waals surface area (Å²) in [5.74, 6) is 0. The predicted octanol–water partition coefficient (Wildman–Crippen LogP) is -2.66. The van der Waals surface area contributed by atoms with Gasteiger partial charge in [-0.05, 0) is 0 Å². The Kier molecular flexibility index (Phi) is 8.47. The van der Waals surface area contributed by atoms with Crippen molar-refractivity contribution < 1.29 is 56.6 Å². The molecule has 10 N–H and O–H groups in total. The molecule has 0 unspecified atom stereocenters. The van der Waals surface area contributed by atoms with Crippen LogP contribution in [-0.4, -0.2) is 60.8 Å². The highest BCUT2D eigenvalue weighted by atomic mass is 31.2. The van der Waals surface area contributed by atoms with Crippen LogP contribution < -0.4 is 11.5 Å². The molecule has 0 aliphatic rings. The van der Waals surface area contributed by atoms with Gasteiger partial charge in [-0.2, -0.15) is 0 Å². The molecule has 0 spiro atoms. The van der Waals surface area contributed by atoms with Gasteiger partial charge in [0.25, 0.3) is 0 Å². The molecule has 0 radical (unpaired) electrons. The van der Waals surface area contributed by atoms with Crippen molar-refractivity contribution in [1.29, 1.82) is 0 Å². The smallest absolute Gasteiger partial charge is 0.328 e. The third-order valence-corrected chi connectivity index (χ3v) is 3.61. The maximum absolute atomic E-state index is 10.9. The van der Waals surface area contributed by atoms with E-state index in [0.29, 0.717) is 0 Å². The first-order valence-electron chi connectivity index (χ1n) is 5.30. The van der Waals surface area contributed by atoms with Gasteiger partial charge >= 0.3 is 23.5 Å². The minimum atomic E-state index is -5.26. The Morgan fingerprint density at radius 2 is 0.955 bits per heavy atom. The number of nitrogens with two attached hydrogens (primary N) is 2. The van der Waals surface area contributed by atoms with Crippen LogP contribution in [0.15, 0.2) is 0 Å². The standard InChI is InChI=1S/C5H17N2O12P3/c6-1-3(17-20(8,9)10)5(19-22(14,15)16)4(2-7)18-21(11,12)13/h3-5H,1-2,6-7H2,(H2,8,9,10)(H2,11,12,13)(H2,14,15,16)/t3-,4-/m1/s1. The summed E-state index contributed by atoms with van der Waals surface area (Å²) in [5, 5.41) is 0. The monoisotopic (exact) mass is 390 g/mol. The van der Waals surface area contributed by atoms with E-state index >= 15 is 0 Å². The molecular weight excluding hydrogens is 373 g/mol. The van der Waals surface area contributed by atoms with E-state index in [1.54, 1.807) is 0 Å². The highest BCUT2D eigenvalue weighted by Crippen LogP contribution is 2.46. The molecule has 0 aromatic carbocycles. The zero-order chi connectivity index (χ0) is 17.8. The first-order chi connectivity index (χ1) is 9.68. The quantitative estimate of drug-likeness (QED) is 0.177. The first-order valence-corrected chi connectivity index (χ1v) is 9.89. The lowest BCUT2D eigenvalue weighted by atomic mass is 10.1. The van der Waals surface area contributed by atoms with Crippen LogP contribution in [0.1, 0.15) is 0 Å². The van der Waals surface area contributed by atoms with E-state index < -0.39 is 54.9 Å². The van der Waals surface area contributed by atoms with Gasteiger partial charge in [0.05, 0.1) is 0 Å². The molecule has 134 valence electrons. The predicted molar refractivity (Wildman–Crippen MR) is 68.9 cm³/mol. The van der Waals surface area contributed by atoms with Crippen LogP contribution in [0.2, 0.25) is 0 Å². The van der Waals surface area contributed by atoms with E-state index in [1.165, 1.54) is 0 Å². The number of phosphoric acid groups is 3. The van der Waals surface area contributed by atoms with Gasteiger partial charge in [0.15, 0.2) is 0 Å².